The molecule has 21 heavy (non-hydrogen) atoms. The van der Waals surface area contributed by atoms with E-state index in [0.29, 0.717) is 25.3 Å². The molecule has 0 aliphatic rings. The van der Waals surface area contributed by atoms with Crippen LogP contribution in [-0.4, -0.2) is 21.3 Å². The summed E-state index contributed by atoms with van der Waals surface area (Å²) in [5.74, 6) is 2.72. The lowest BCUT2D eigenvalue weighted by Crippen LogP contribution is -2.20. The van der Waals surface area contributed by atoms with Gasteiger partial charge in [0.1, 0.15) is 0 Å². The Morgan fingerprint density at radius 3 is 2.57 bits per heavy atom. The zero-order valence-electron chi connectivity index (χ0n) is 13.8. The summed E-state index contributed by atoms with van der Waals surface area (Å²) < 4.78 is 1.71. The van der Waals surface area contributed by atoms with Crippen LogP contribution in [0.3, 0.4) is 0 Å². The van der Waals surface area contributed by atoms with Gasteiger partial charge in [-0.05, 0) is 18.1 Å². The van der Waals surface area contributed by atoms with Gasteiger partial charge in [0.25, 0.3) is 5.56 Å². The maximum Gasteiger partial charge on any atom is 0.270 e. The molecule has 118 valence electrons. The van der Waals surface area contributed by atoms with Crippen LogP contribution in [0.25, 0.3) is 0 Å². The number of H-pyrrole nitrogens is 1. The first kappa shape index (κ1) is 17.9. The van der Waals surface area contributed by atoms with Crippen LogP contribution in [-0.2, 0) is 18.4 Å². The van der Waals surface area contributed by atoms with E-state index in [1.807, 2.05) is 11.8 Å². The van der Waals surface area contributed by atoms with Gasteiger partial charge in [-0.3, -0.25) is 14.6 Å². The second-order valence-corrected chi connectivity index (χ2v) is 7.95. The third-order valence-corrected chi connectivity index (χ3v) is 4.57. The minimum absolute atomic E-state index is 0.0420. The van der Waals surface area contributed by atoms with Gasteiger partial charge in [0.05, 0.1) is 12.6 Å². The van der Waals surface area contributed by atoms with Crippen LogP contribution in [0.2, 0.25) is 0 Å². The number of nitriles is 1. The Morgan fingerprint density at radius 1 is 1.38 bits per heavy atom. The molecule has 1 N–H and O–H groups in total. The number of nitrogens with one attached hydrogen (secondary N) is 1. The summed E-state index contributed by atoms with van der Waals surface area (Å²) in [5, 5.41) is 12.0. The first-order valence-corrected chi connectivity index (χ1v) is 8.69. The molecule has 0 fully saturated rings. The van der Waals surface area contributed by atoms with Crippen LogP contribution in [0.4, 0.5) is 0 Å². The van der Waals surface area contributed by atoms with Crippen molar-refractivity contribution >= 4 is 11.8 Å². The van der Waals surface area contributed by atoms with Crippen LogP contribution >= 0.6 is 11.8 Å². The van der Waals surface area contributed by atoms with E-state index >= 15 is 0 Å². The average Bonchev–Trinajstić information content (AvgIpc) is 2.69. The number of hydrogen-bond donors (Lipinski definition) is 1. The second kappa shape index (κ2) is 7.74. The minimum atomic E-state index is -0.111. The predicted octanol–water partition coefficient (Wildman–Crippen LogP) is 3.32. The SMILES string of the molecule is CC(C)CSCCn1[nH]c(C(C)(C)C)c(CCC#N)c1=O. The molecule has 0 radical (unpaired) electrons. The number of thioether (sulfide) groups is 1. The average molecular weight is 309 g/mol. The van der Waals surface area contributed by atoms with Crippen molar-refractivity contribution in [1.82, 2.24) is 9.78 Å². The molecular formula is C16H27N3OS. The largest absolute Gasteiger partial charge is 0.299 e. The summed E-state index contributed by atoms with van der Waals surface area (Å²) in [6, 6.07) is 2.13. The molecule has 4 nitrogen and oxygen atoms in total. The van der Waals surface area contributed by atoms with Crippen molar-refractivity contribution in [2.24, 2.45) is 5.92 Å². The van der Waals surface area contributed by atoms with Crippen LogP contribution in [0.1, 0.15) is 52.3 Å². The van der Waals surface area contributed by atoms with Crippen molar-refractivity contribution < 1.29 is 0 Å². The van der Waals surface area contributed by atoms with E-state index < -0.39 is 0 Å². The van der Waals surface area contributed by atoms with Gasteiger partial charge < -0.3 is 0 Å². The molecule has 0 aliphatic carbocycles. The summed E-state index contributed by atoms with van der Waals surface area (Å²) >= 11 is 1.87. The van der Waals surface area contributed by atoms with Gasteiger partial charge in [-0.25, -0.2) is 0 Å². The smallest absolute Gasteiger partial charge is 0.270 e. The fourth-order valence-corrected chi connectivity index (χ4v) is 3.14. The van der Waals surface area contributed by atoms with Gasteiger partial charge in [-0.2, -0.15) is 17.0 Å². The Kier molecular flexibility index (Phi) is 6.60. The van der Waals surface area contributed by atoms with Gasteiger partial charge in [-0.1, -0.05) is 34.6 Å². The Morgan fingerprint density at radius 2 is 2.05 bits per heavy atom. The molecule has 0 atom stereocenters. The Hall–Kier alpha value is -1.15. The van der Waals surface area contributed by atoms with Crippen molar-refractivity contribution in [1.29, 1.82) is 5.26 Å². The molecule has 0 bridgehead atoms. The second-order valence-electron chi connectivity index (χ2n) is 6.80. The molecule has 0 aliphatic heterocycles. The minimum Gasteiger partial charge on any atom is -0.299 e. The zero-order valence-corrected chi connectivity index (χ0v) is 14.6. The summed E-state index contributed by atoms with van der Waals surface area (Å²) in [6.45, 7) is 11.4. The first-order valence-electron chi connectivity index (χ1n) is 7.54. The highest BCUT2D eigenvalue weighted by molar-refractivity contribution is 7.99. The summed E-state index contributed by atoms with van der Waals surface area (Å²) in [5.41, 5.74) is 1.68. The first-order chi connectivity index (χ1) is 9.77. The lowest BCUT2D eigenvalue weighted by atomic mass is 9.88. The zero-order chi connectivity index (χ0) is 16.0. The van der Waals surface area contributed by atoms with Gasteiger partial charge in [0.15, 0.2) is 0 Å². The molecular weight excluding hydrogens is 282 g/mol. The molecule has 1 aromatic rings. The lowest BCUT2D eigenvalue weighted by Gasteiger charge is -2.18. The summed E-state index contributed by atoms with van der Waals surface area (Å²) in [4.78, 5) is 12.5. The van der Waals surface area contributed by atoms with Gasteiger partial charge in [0.2, 0.25) is 0 Å². The number of aromatic nitrogens is 2. The molecule has 1 aromatic heterocycles. The van der Waals surface area contributed by atoms with E-state index in [0.717, 1.165) is 22.8 Å². The van der Waals surface area contributed by atoms with Crippen LogP contribution in [0.15, 0.2) is 4.79 Å². The molecule has 5 heteroatoms. The number of aromatic amines is 1. The molecule has 0 saturated carbocycles. The Labute approximate surface area is 131 Å². The highest BCUT2D eigenvalue weighted by Crippen LogP contribution is 2.23. The van der Waals surface area contributed by atoms with E-state index in [9.17, 15) is 4.79 Å². The van der Waals surface area contributed by atoms with E-state index in [4.69, 9.17) is 5.26 Å². The van der Waals surface area contributed by atoms with Crippen molar-refractivity contribution in [3.05, 3.63) is 21.6 Å². The number of hydrogen-bond acceptors (Lipinski definition) is 3. The quantitative estimate of drug-likeness (QED) is 0.786. The van der Waals surface area contributed by atoms with Crippen LogP contribution in [0, 0.1) is 17.2 Å². The Bertz CT molecular complexity index is 543. The fraction of sp³-hybridized carbons (Fsp3) is 0.750. The maximum absolute atomic E-state index is 12.5. The van der Waals surface area contributed by atoms with Crippen molar-refractivity contribution in [3.63, 3.8) is 0 Å². The predicted molar refractivity (Wildman–Crippen MR) is 89.8 cm³/mol. The highest BCUT2D eigenvalue weighted by atomic mass is 32.2. The van der Waals surface area contributed by atoms with Crippen molar-refractivity contribution in [3.8, 4) is 6.07 Å². The molecule has 0 unspecified atom stereocenters. The molecule has 0 spiro atoms. The normalized spacial score (nSPS) is 11.9. The van der Waals surface area contributed by atoms with Gasteiger partial charge >= 0.3 is 0 Å². The molecule has 0 saturated heterocycles. The summed E-state index contributed by atoms with van der Waals surface area (Å²) in [6.07, 6.45) is 0.919. The van der Waals surface area contributed by atoms with E-state index in [1.165, 1.54) is 0 Å². The molecule has 0 amide bonds. The Balaban J connectivity index is 2.88. The fourth-order valence-electron chi connectivity index (χ4n) is 2.19. The summed E-state index contributed by atoms with van der Waals surface area (Å²) in [7, 11) is 0. The number of aryl methyl sites for hydroxylation is 1. The molecule has 1 rings (SSSR count). The molecule has 0 aromatic carbocycles. The topological polar surface area (TPSA) is 61.6 Å². The van der Waals surface area contributed by atoms with Crippen LogP contribution in [0.5, 0.6) is 0 Å². The van der Waals surface area contributed by atoms with E-state index in [-0.39, 0.29) is 11.0 Å². The van der Waals surface area contributed by atoms with E-state index in [1.54, 1.807) is 4.68 Å². The van der Waals surface area contributed by atoms with Crippen molar-refractivity contribution in [2.75, 3.05) is 11.5 Å². The molecule has 1 heterocycles. The highest BCUT2D eigenvalue weighted by Gasteiger charge is 2.24. The third-order valence-electron chi connectivity index (χ3n) is 3.20. The number of nitrogens with zero attached hydrogens (tertiary/aromatic N) is 2. The van der Waals surface area contributed by atoms with Crippen molar-refractivity contribution in [2.45, 2.75) is 59.4 Å². The third kappa shape index (κ3) is 5.28. The van der Waals surface area contributed by atoms with Crippen LogP contribution < -0.4 is 5.56 Å². The van der Waals surface area contributed by atoms with Gasteiger partial charge in [0, 0.05) is 28.8 Å². The standard InChI is InChI=1S/C16H27N3OS/c1-12(2)11-21-10-9-19-15(20)13(7-6-8-17)14(18-19)16(3,4)5/h12,18H,6-7,9-11H2,1-5H3. The van der Waals surface area contributed by atoms with Gasteiger partial charge in [-0.15, -0.1) is 0 Å². The maximum atomic E-state index is 12.5. The monoisotopic (exact) mass is 309 g/mol. The number of rotatable bonds is 7. The lowest BCUT2D eigenvalue weighted by molar-refractivity contribution is 0.536. The van der Waals surface area contributed by atoms with E-state index in [2.05, 4.69) is 45.8 Å².